The number of unbranched alkanes of at least 4 members (excludes halogenated alkanes) is 1. The van der Waals surface area contributed by atoms with E-state index in [1.807, 2.05) is 30.7 Å². The van der Waals surface area contributed by atoms with Crippen LogP contribution in [0.15, 0.2) is 29.3 Å². The fraction of sp³-hybridized carbons (Fsp3) is 0.609. The Kier molecular flexibility index (Phi) is 8.70. The van der Waals surface area contributed by atoms with Crippen LogP contribution in [0.3, 0.4) is 0 Å². The van der Waals surface area contributed by atoms with E-state index < -0.39 is 0 Å². The van der Waals surface area contributed by atoms with Gasteiger partial charge in [0.1, 0.15) is 11.6 Å². The summed E-state index contributed by atoms with van der Waals surface area (Å²) in [4.78, 5) is 7.42. The molecule has 1 aromatic carbocycles. The number of ether oxygens (including phenoxy) is 1. The highest BCUT2D eigenvalue weighted by Crippen LogP contribution is 2.13. The molecular weight excluding hydrogens is 390 g/mol. The summed E-state index contributed by atoms with van der Waals surface area (Å²) in [5.41, 5.74) is 1.14. The number of nitrogens with one attached hydrogen (secondary N) is 2. The predicted octanol–water partition coefficient (Wildman–Crippen LogP) is 2.63. The van der Waals surface area contributed by atoms with Crippen molar-refractivity contribution in [3.63, 3.8) is 0 Å². The summed E-state index contributed by atoms with van der Waals surface area (Å²) in [7, 11) is 3.67. The van der Waals surface area contributed by atoms with Gasteiger partial charge in [0.25, 0.3) is 0 Å². The average molecular weight is 428 g/mol. The molecule has 0 atom stereocenters. The van der Waals surface area contributed by atoms with Gasteiger partial charge in [-0.2, -0.15) is 0 Å². The zero-order valence-electron chi connectivity index (χ0n) is 19.4. The van der Waals surface area contributed by atoms with Crippen LogP contribution in [0.4, 0.5) is 0 Å². The SMILES string of the molecule is CCCCN1CCC(NC(=NCc2ccc(OC)cc2)NCc2nnc(C)n2C)CC1. The Labute approximate surface area is 186 Å². The van der Waals surface area contributed by atoms with Crippen molar-refractivity contribution in [2.24, 2.45) is 12.0 Å². The van der Waals surface area contributed by atoms with Gasteiger partial charge in [-0.1, -0.05) is 25.5 Å². The van der Waals surface area contributed by atoms with Crippen LogP contribution in [0.25, 0.3) is 0 Å². The molecule has 31 heavy (non-hydrogen) atoms. The number of aryl methyl sites for hydroxylation is 1. The van der Waals surface area contributed by atoms with Gasteiger partial charge >= 0.3 is 0 Å². The van der Waals surface area contributed by atoms with E-state index in [1.165, 1.54) is 19.4 Å². The third kappa shape index (κ3) is 6.95. The molecule has 0 radical (unpaired) electrons. The zero-order valence-corrected chi connectivity index (χ0v) is 19.4. The standard InChI is InChI=1S/C23H37N7O/c1-5-6-13-30-14-11-20(12-15-30)26-23(25-17-22-28-27-18(2)29(22)3)24-16-19-7-9-21(31-4)10-8-19/h7-10,20H,5-6,11-17H2,1-4H3,(H2,24,25,26). The van der Waals surface area contributed by atoms with Crippen LogP contribution >= 0.6 is 0 Å². The van der Waals surface area contributed by atoms with Crippen LogP contribution in [0, 0.1) is 6.92 Å². The maximum Gasteiger partial charge on any atom is 0.192 e. The fourth-order valence-electron chi connectivity index (χ4n) is 3.70. The van der Waals surface area contributed by atoms with Crippen LogP contribution in [0.1, 0.15) is 49.8 Å². The monoisotopic (exact) mass is 427 g/mol. The predicted molar refractivity (Wildman–Crippen MR) is 124 cm³/mol. The number of hydrogen-bond acceptors (Lipinski definition) is 5. The summed E-state index contributed by atoms with van der Waals surface area (Å²) in [6.45, 7) is 8.90. The lowest BCUT2D eigenvalue weighted by molar-refractivity contribution is 0.203. The Morgan fingerprint density at radius 3 is 2.55 bits per heavy atom. The lowest BCUT2D eigenvalue weighted by Gasteiger charge is -2.33. The number of likely N-dealkylation sites (tertiary alicyclic amines) is 1. The maximum atomic E-state index is 5.25. The Hall–Kier alpha value is -2.61. The van der Waals surface area contributed by atoms with Crippen molar-refractivity contribution >= 4 is 5.96 Å². The maximum absolute atomic E-state index is 5.25. The first-order valence-electron chi connectivity index (χ1n) is 11.3. The highest BCUT2D eigenvalue weighted by atomic mass is 16.5. The molecule has 170 valence electrons. The minimum Gasteiger partial charge on any atom is -0.497 e. The highest BCUT2D eigenvalue weighted by Gasteiger charge is 2.20. The Morgan fingerprint density at radius 1 is 1.19 bits per heavy atom. The number of hydrogen-bond donors (Lipinski definition) is 2. The molecule has 2 N–H and O–H groups in total. The number of nitrogens with zero attached hydrogens (tertiary/aromatic N) is 5. The van der Waals surface area contributed by atoms with Gasteiger partial charge < -0.3 is 24.8 Å². The van der Waals surface area contributed by atoms with Gasteiger partial charge in [0.2, 0.25) is 0 Å². The summed E-state index contributed by atoms with van der Waals surface area (Å²) in [5, 5.41) is 15.5. The minimum atomic E-state index is 0.432. The average Bonchev–Trinajstić information content (AvgIpc) is 3.13. The largest absolute Gasteiger partial charge is 0.497 e. The van der Waals surface area contributed by atoms with E-state index in [-0.39, 0.29) is 0 Å². The van der Waals surface area contributed by atoms with Crippen molar-refractivity contribution in [2.75, 3.05) is 26.7 Å². The van der Waals surface area contributed by atoms with Crippen molar-refractivity contribution in [1.82, 2.24) is 30.3 Å². The number of aliphatic imine (C=N–C) groups is 1. The lowest BCUT2D eigenvalue weighted by Crippen LogP contribution is -2.48. The van der Waals surface area contributed by atoms with Crippen molar-refractivity contribution < 1.29 is 4.74 Å². The van der Waals surface area contributed by atoms with Crippen LogP contribution < -0.4 is 15.4 Å². The molecule has 3 rings (SSSR count). The van der Waals surface area contributed by atoms with E-state index in [0.29, 0.717) is 19.1 Å². The zero-order chi connectivity index (χ0) is 22.1. The summed E-state index contributed by atoms with van der Waals surface area (Å²) < 4.78 is 7.25. The third-order valence-corrected chi connectivity index (χ3v) is 5.93. The number of rotatable bonds is 9. The topological polar surface area (TPSA) is 79.6 Å². The van der Waals surface area contributed by atoms with Gasteiger partial charge in [-0.15, -0.1) is 10.2 Å². The van der Waals surface area contributed by atoms with E-state index in [4.69, 9.17) is 9.73 Å². The lowest BCUT2D eigenvalue weighted by atomic mass is 10.0. The number of aromatic nitrogens is 3. The van der Waals surface area contributed by atoms with Gasteiger partial charge in [-0.3, -0.25) is 0 Å². The van der Waals surface area contributed by atoms with E-state index in [1.54, 1.807) is 7.11 Å². The first kappa shape index (κ1) is 23.1. The molecule has 2 heterocycles. The first-order chi connectivity index (χ1) is 15.1. The molecule has 0 amide bonds. The Morgan fingerprint density at radius 2 is 1.94 bits per heavy atom. The second-order valence-electron chi connectivity index (χ2n) is 8.20. The minimum absolute atomic E-state index is 0.432. The number of piperidine rings is 1. The smallest absolute Gasteiger partial charge is 0.192 e. The molecule has 8 nitrogen and oxygen atoms in total. The molecular formula is C23H37N7O. The Balaban J connectivity index is 1.61. The molecule has 1 fully saturated rings. The molecule has 1 saturated heterocycles. The molecule has 1 aromatic heterocycles. The fourth-order valence-corrected chi connectivity index (χ4v) is 3.70. The molecule has 0 unspecified atom stereocenters. The van der Waals surface area contributed by atoms with Crippen molar-refractivity contribution in [3.05, 3.63) is 41.5 Å². The molecule has 1 aliphatic heterocycles. The molecule has 0 aliphatic carbocycles. The number of methoxy groups -OCH3 is 1. The molecule has 0 saturated carbocycles. The Bertz CT molecular complexity index is 823. The summed E-state index contributed by atoms with van der Waals surface area (Å²) >= 11 is 0. The van der Waals surface area contributed by atoms with Gasteiger partial charge in [0.05, 0.1) is 20.2 Å². The molecule has 0 spiro atoms. The first-order valence-corrected chi connectivity index (χ1v) is 11.3. The molecule has 8 heteroatoms. The van der Waals surface area contributed by atoms with Crippen LogP contribution in [-0.4, -0.2) is 58.4 Å². The highest BCUT2D eigenvalue weighted by molar-refractivity contribution is 5.80. The summed E-state index contributed by atoms with van der Waals surface area (Å²) in [6, 6.07) is 8.48. The van der Waals surface area contributed by atoms with Crippen LogP contribution in [0.5, 0.6) is 5.75 Å². The number of guanidine groups is 1. The normalized spacial score (nSPS) is 15.8. The summed E-state index contributed by atoms with van der Waals surface area (Å²) in [5.74, 6) is 3.48. The van der Waals surface area contributed by atoms with E-state index in [0.717, 1.165) is 54.9 Å². The molecule has 2 aromatic rings. The van der Waals surface area contributed by atoms with Gasteiger partial charge in [-0.05, 0) is 50.4 Å². The van der Waals surface area contributed by atoms with Crippen LogP contribution in [-0.2, 0) is 20.1 Å². The van der Waals surface area contributed by atoms with Gasteiger partial charge in [0.15, 0.2) is 11.8 Å². The molecule has 1 aliphatic rings. The quantitative estimate of drug-likeness (QED) is 0.473. The van der Waals surface area contributed by atoms with E-state index in [2.05, 4.69) is 44.8 Å². The van der Waals surface area contributed by atoms with E-state index >= 15 is 0 Å². The summed E-state index contributed by atoms with van der Waals surface area (Å²) in [6.07, 6.45) is 4.81. The third-order valence-electron chi connectivity index (χ3n) is 5.93. The van der Waals surface area contributed by atoms with E-state index in [9.17, 15) is 0 Å². The second kappa shape index (κ2) is 11.7. The van der Waals surface area contributed by atoms with Crippen molar-refractivity contribution in [1.29, 1.82) is 0 Å². The number of benzene rings is 1. The van der Waals surface area contributed by atoms with Gasteiger partial charge in [0, 0.05) is 26.2 Å². The molecule has 0 bridgehead atoms. The van der Waals surface area contributed by atoms with Gasteiger partial charge in [-0.25, -0.2) is 4.99 Å². The van der Waals surface area contributed by atoms with Crippen molar-refractivity contribution in [2.45, 2.75) is 58.7 Å². The van der Waals surface area contributed by atoms with Crippen LogP contribution in [0.2, 0.25) is 0 Å². The second-order valence-corrected chi connectivity index (χ2v) is 8.20. The van der Waals surface area contributed by atoms with Crippen molar-refractivity contribution in [3.8, 4) is 5.75 Å².